The Morgan fingerprint density at radius 2 is 2.07 bits per heavy atom. The maximum Gasteiger partial charge on any atom is 0.325 e. The van der Waals surface area contributed by atoms with Crippen molar-refractivity contribution in [2.75, 3.05) is 6.61 Å². The molecule has 3 nitrogen and oxygen atoms in total. The van der Waals surface area contributed by atoms with Crippen molar-refractivity contribution in [2.24, 2.45) is 11.7 Å². The zero-order chi connectivity index (χ0) is 11.3. The highest BCUT2D eigenvalue weighted by molar-refractivity contribution is 5.79. The minimum Gasteiger partial charge on any atom is -0.464 e. The van der Waals surface area contributed by atoms with Crippen LogP contribution in [-0.2, 0) is 9.53 Å². The number of carbonyl (C=O) groups is 1. The van der Waals surface area contributed by atoms with Gasteiger partial charge in [0.2, 0.25) is 0 Å². The molecule has 0 bridgehead atoms. The Hall–Kier alpha value is -0.570. The summed E-state index contributed by atoms with van der Waals surface area (Å²) in [4.78, 5) is 11.7. The number of nitrogens with two attached hydrogens (primary N) is 1. The van der Waals surface area contributed by atoms with Gasteiger partial charge < -0.3 is 10.5 Å². The van der Waals surface area contributed by atoms with Crippen LogP contribution in [0.2, 0.25) is 0 Å². The van der Waals surface area contributed by atoms with Gasteiger partial charge in [-0.15, -0.1) is 0 Å². The molecule has 0 amide bonds. The third-order valence-corrected chi connectivity index (χ3v) is 3.16. The molecule has 0 aromatic rings. The summed E-state index contributed by atoms with van der Waals surface area (Å²) in [5.74, 6) is 0.336. The molecule has 0 aliphatic heterocycles. The van der Waals surface area contributed by atoms with Crippen LogP contribution >= 0.6 is 0 Å². The van der Waals surface area contributed by atoms with E-state index in [1.54, 1.807) is 6.92 Å². The average molecular weight is 213 g/mol. The van der Waals surface area contributed by atoms with E-state index in [0.717, 1.165) is 6.42 Å². The van der Waals surface area contributed by atoms with Crippen LogP contribution in [0.3, 0.4) is 0 Å². The molecular weight excluding hydrogens is 190 g/mol. The fraction of sp³-hybridized carbons (Fsp3) is 0.917. The Bertz CT molecular complexity index is 208. The van der Waals surface area contributed by atoms with Crippen LogP contribution in [0.5, 0.6) is 0 Å². The number of hydrogen-bond donors (Lipinski definition) is 1. The van der Waals surface area contributed by atoms with Crippen LogP contribution in [0, 0.1) is 5.92 Å². The van der Waals surface area contributed by atoms with Crippen molar-refractivity contribution in [1.29, 1.82) is 0 Å². The molecule has 1 aliphatic rings. The molecule has 15 heavy (non-hydrogen) atoms. The predicted molar refractivity (Wildman–Crippen MR) is 60.4 cm³/mol. The minimum absolute atomic E-state index is 0.240. The van der Waals surface area contributed by atoms with Crippen molar-refractivity contribution in [3.8, 4) is 0 Å². The number of hydrogen-bond acceptors (Lipinski definition) is 3. The van der Waals surface area contributed by atoms with Gasteiger partial charge in [-0.1, -0.05) is 26.2 Å². The molecular formula is C12H23NO2. The highest BCUT2D eigenvalue weighted by Crippen LogP contribution is 2.25. The maximum atomic E-state index is 11.7. The molecule has 0 saturated heterocycles. The largest absolute Gasteiger partial charge is 0.464 e. The van der Waals surface area contributed by atoms with Crippen LogP contribution in [0.4, 0.5) is 0 Å². The lowest BCUT2D eigenvalue weighted by atomic mass is 9.98. The topological polar surface area (TPSA) is 52.3 Å². The van der Waals surface area contributed by atoms with E-state index in [1.807, 2.05) is 6.92 Å². The average Bonchev–Trinajstić information content (AvgIpc) is 2.66. The van der Waals surface area contributed by atoms with E-state index >= 15 is 0 Å². The van der Waals surface area contributed by atoms with Crippen LogP contribution in [0.25, 0.3) is 0 Å². The van der Waals surface area contributed by atoms with Crippen molar-refractivity contribution in [2.45, 2.75) is 57.9 Å². The van der Waals surface area contributed by atoms with Crippen molar-refractivity contribution in [1.82, 2.24) is 0 Å². The highest BCUT2D eigenvalue weighted by Gasteiger charge is 2.29. The Balaban J connectivity index is 2.27. The monoisotopic (exact) mass is 213 g/mol. The second-order valence-electron chi connectivity index (χ2n) is 4.92. The standard InChI is InChI=1S/C12H23NO2/c1-3-8-12(2,13)11(14)15-9-10-6-4-5-7-10/h10H,3-9,13H2,1-2H3. The van der Waals surface area contributed by atoms with E-state index in [0.29, 0.717) is 18.9 Å². The third kappa shape index (κ3) is 3.82. The summed E-state index contributed by atoms with van der Waals surface area (Å²) in [6, 6.07) is 0. The van der Waals surface area contributed by atoms with E-state index in [-0.39, 0.29) is 5.97 Å². The highest BCUT2D eigenvalue weighted by atomic mass is 16.5. The van der Waals surface area contributed by atoms with Gasteiger partial charge in [0.1, 0.15) is 5.54 Å². The Morgan fingerprint density at radius 3 is 2.60 bits per heavy atom. The van der Waals surface area contributed by atoms with Gasteiger partial charge in [0.05, 0.1) is 6.61 Å². The molecule has 1 aliphatic carbocycles. The lowest BCUT2D eigenvalue weighted by Crippen LogP contribution is -2.46. The summed E-state index contributed by atoms with van der Waals surface area (Å²) in [6.45, 7) is 4.35. The minimum atomic E-state index is -0.798. The molecule has 1 saturated carbocycles. The summed E-state index contributed by atoms with van der Waals surface area (Å²) in [7, 11) is 0. The molecule has 0 heterocycles. The van der Waals surface area contributed by atoms with Crippen molar-refractivity contribution >= 4 is 5.97 Å². The first-order chi connectivity index (χ1) is 7.06. The summed E-state index contributed by atoms with van der Waals surface area (Å²) < 4.78 is 5.28. The first-order valence-corrected chi connectivity index (χ1v) is 6.02. The summed E-state index contributed by atoms with van der Waals surface area (Å²) in [6.07, 6.45) is 6.54. The van der Waals surface area contributed by atoms with Crippen molar-refractivity contribution < 1.29 is 9.53 Å². The fourth-order valence-electron chi connectivity index (χ4n) is 2.16. The Labute approximate surface area is 92.4 Å². The summed E-state index contributed by atoms with van der Waals surface area (Å²) >= 11 is 0. The maximum absolute atomic E-state index is 11.7. The molecule has 0 aromatic heterocycles. The number of esters is 1. The Kier molecular flexibility index (Phi) is 4.58. The number of carbonyl (C=O) groups excluding carboxylic acids is 1. The first kappa shape index (κ1) is 12.5. The quantitative estimate of drug-likeness (QED) is 0.712. The number of rotatable bonds is 5. The van der Waals surface area contributed by atoms with Gasteiger partial charge >= 0.3 is 5.97 Å². The van der Waals surface area contributed by atoms with E-state index in [2.05, 4.69) is 0 Å². The number of ether oxygens (including phenoxy) is 1. The molecule has 1 unspecified atom stereocenters. The fourth-order valence-corrected chi connectivity index (χ4v) is 2.16. The molecule has 2 N–H and O–H groups in total. The van der Waals surface area contributed by atoms with Crippen LogP contribution < -0.4 is 5.73 Å². The molecule has 1 rings (SSSR count). The Morgan fingerprint density at radius 1 is 1.47 bits per heavy atom. The second-order valence-corrected chi connectivity index (χ2v) is 4.92. The van der Waals surface area contributed by atoms with E-state index in [9.17, 15) is 4.79 Å². The van der Waals surface area contributed by atoms with Crippen LogP contribution in [0.1, 0.15) is 52.4 Å². The van der Waals surface area contributed by atoms with E-state index < -0.39 is 5.54 Å². The molecule has 1 fully saturated rings. The van der Waals surface area contributed by atoms with Gasteiger partial charge in [-0.2, -0.15) is 0 Å². The molecule has 1 atom stereocenters. The predicted octanol–water partition coefficient (Wildman–Crippen LogP) is 2.24. The molecule has 0 spiro atoms. The van der Waals surface area contributed by atoms with Gasteiger partial charge in [0.25, 0.3) is 0 Å². The smallest absolute Gasteiger partial charge is 0.325 e. The second kappa shape index (κ2) is 5.50. The molecule has 0 radical (unpaired) electrons. The molecule has 88 valence electrons. The summed E-state index contributed by atoms with van der Waals surface area (Å²) in [5, 5.41) is 0. The lowest BCUT2D eigenvalue weighted by Gasteiger charge is -2.22. The summed E-state index contributed by atoms with van der Waals surface area (Å²) in [5.41, 5.74) is 5.08. The van der Waals surface area contributed by atoms with Crippen LogP contribution in [0.15, 0.2) is 0 Å². The van der Waals surface area contributed by atoms with Gasteiger partial charge in [-0.3, -0.25) is 4.79 Å². The first-order valence-electron chi connectivity index (χ1n) is 6.02. The third-order valence-electron chi connectivity index (χ3n) is 3.16. The lowest BCUT2D eigenvalue weighted by molar-refractivity contribution is -0.151. The van der Waals surface area contributed by atoms with E-state index in [1.165, 1.54) is 25.7 Å². The zero-order valence-corrected chi connectivity index (χ0v) is 9.92. The van der Waals surface area contributed by atoms with Gasteiger partial charge in [0.15, 0.2) is 0 Å². The molecule has 0 aromatic carbocycles. The SMILES string of the molecule is CCCC(C)(N)C(=O)OCC1CCCC1. The van der Waals surface area contributed by atoms with E-state index in [4.69, 9.17) is 10.5 Å². The van der Waals surface area contributed by atoms with Gasteiger partial charge in [-0.05, 0) is 32.1 Å². The normalized spacial score (nSPS) is 21.3. The van der Waals surface area contributed by atoms with Crippen molar-refractivity contribution in [3.05, 3.63) is 0 Å². The zero-order valence-electron chi connectivity index (χ0n) is 9.92. The van der Waals surface area contributed by atoms with Gasteiger partial charge in [0, 0.05) is 0 Å². The van der Waals surface area contributed by atoms with Crippen LogP contribution in [-0.4, -0.2) is 18.1 Å². The van der Waals surface area contributed by atoms with Crippen molar-refractivity contribution in [3.63, 3.8) is 0 Å². The molecule has 3 heteroatoms. The van der Waals surface area contributed by atoms with Gasteiger partial charge in [-0.25, -0.2) is 0 Å².